The van der Waals surface area contributed by atoms with Crippen LogP contribution in [0.4, 0.5) is 13.2 Å². The number of alkyl halides is 3. The van der Waals surface area contributed by atoms with Crippen molar-refractivity contribution >= 4 is 0 Å². The second kappa shape index (κ2) is 4.79. The highest BCUT2D eigenvalue weighted by molar-refractivity contribution is 5.11. The molecular weight excluding hydrogens is 183 g/mol. The molecule has 0 aromatic heterocycles. The van der Waals surface area contributed by atoms with Crippen LogP contribution in [0.25, 0.3) is 0 Å². The van der Waals surface area contributed by atoms with Crippen LogP contribution in [0.15, 0.2) is 23.6 Å². The van der Waals surface area contributed by atoms with E-state index in [0.29, 0.717) is 12.1 Å². The topological polar surface area (TPSA) is 35.2 Å². The highest BCUT2D eigenvalue weighted by Crippen LogP contribution is 2.20. The van der Waals surface area contributed by atoms with Crippen LogP contribution in [0.3, 0.4) is 0 Å². The van der Waals surface area contributed by atoms with Crippen molar-refractivity contribution in [2.24, 2.45) is 5.73 Å². The van der Waals surface area contributed by atoms with Crippen molar-refractivity contribution in [1.29, 1.82) is 0 Å². The highest BCUT2D eigenvalue weighted by atomic mass is 19.4. The molecule has 0 aliphatic rings. The summed E-state index contributed by atoms with van der Waals surface area (Å²) in [6, 6.07) is 0. The molecule has 0 saturated carbocycles. The molecule has 0 aromatic rings. The minimum absolute atomic E-state index is 0.232. The lowest BCUT2D eigenvalue weighted by molar-refractivity contribution is -0.305. The number of allylic oxidation sites excluding steroid dienone is 4. The first-order valence-electron chi connectivity index (χ1n) is 3.74. The van der Waals surface area contributed by atoms with E-state index in [1.54, 1.807) is 6.92 Å². The van der Waals surface area contributed by atoms with Crippen LogP contribution >= 0.6 is 0 Å². The number of rotatable bonds is 3. The quantitative estimate of drug-likeness (QED) is 0.555. The molecule has 0 rings (SSSR count). The SMILES string of the molecule is CC/C(N)=C\C=C(/C)OC(F)(F)F. The Labute approximate surface area is 74.9 Å². The van der Waals surface area contributed by atoms with Gasteiger partial charge in [-0.2, -0.15) is 0 Å². The minimum atomic E-state index is -4.63. The Morgan fingerprint density at radius 3 is 2.31 bits per heavy atom. The molecule has 13 heavy (non-hydrogen) atoms. The molecule has 0 spiro atoms. The molecule has 0 aromatic carbocycles. The van der Waals surface area contributed by atoms with Gasteiger partial charge >= 0.3 is 6.36 Å². The van der Waals surface area contributed by atoms with Crippen LogP contribution in [0.5, 0.6) is 0 Å². The van der Waals surface area contributed by atoms with E-state index in [9.17, 15) is 13.2 Å². The molecular formula is C8H12F3NO. The van der Waals surface area contributed by atoms with Gasteiger partial charge < -0.3 is 10.5 Å². The lowest BCUT2D eigenvalue weighted by Crippen LogP contribution is -2.11. The fourth-order valence-electron chi connectivity index (χ4n) is 0.559. The molecule has 0 aliphatic carbocycles. The van der Waals surface area contributed by atoms with Crippen molar-refractivity contribution in [3.63, 3.8) is 0 Å². The molecule has 76 valence electrons. The standard InChI is InChI=1S/C8H12F3NO/c1-3-7(12)5-4-6(2)13-8(9,10)11/h4-5H,3,12H2,1-2H3/b6-4+,7-5+. The van der Waals surface area contributed by atoms with E-state index in [1.165, 1.54) is 19.1 Å². The Morgan fingerprint density at radius 2 is 1.92 bits per heavy atom. The maximum absolute atomic E-state index is 11.6. The third kappa shape index (κ3) is 7.24. The van der Waals surface area contributed by atoms with Crippen molar-refractivity contribution in [1.82, 2.24) is 0 Å². The monoisotopic (exact) mass is 195 g/mol. The van der Waals surface area contributed by atoms with E-state index in [2.05, 4.69) is 4.74 Å². The first-order chi connectivity index (χ1) is 5.85. The molecule has 2 nitrogen and oxygen atoms in total. The largest absolute Gasteiger partial charge is 0.572 e. The number of hydrogen-bond acceptors (Lipinski definition) is 2. The number of hydrogen-bond donors (Lipinski definition) is 1. The zero-order valence-corrected chi connectivity index (χ0v) is 7.48. The van der Waals surface area contributed by atoms with Crippen LogP contribution in [0.2, 0.25) is 0 Å². The van der Waals surface area contributed by atoms with Gasteiger partial charge in [0.1, 0.15) is 5.76 Å². The Bertz CT molecular complexity index is 218. The van der Waals surface area contributed by atoms with Crippen LogP contribution in [0, 0.1) is 0 Å². The smallest absolute Gasteiger partial charge is 0.411 e. The fourth-order valence-corrected chi connectivity index (χ4v) is 0.559. The van der Waals surface area contributed by atoms with Gasteiger partial charge in [0.15, 0.2) is 0 Å². The summed E-state index contributed by atoms with van der Waals surface area (Å²) in [4.78, 5) is 0. The zero-order chi connectivity index (χ0) is 10.5. The van der Waals surface area contributed by atoms with E-state index in [1.807, 2.05) is 0 Å². The van der Waals surface area contributed by atoms with Gasteiger partial charge in [-0.15, -0.1) is 13.2 Å². The summed E-state index contributed by atoms with van der Waals surface area (Å²) in [6.45, 7) is 3.02. The van der Waals surface area contributed by atoms with Gasteiger partial charge in [0.2, 0.25) is 0 Å². The molecule has 0 unspecified atom stereocenters. The molecule has 0 fully saturated rings. The summed E-state index contributed by atoms with van der Waals surface area (Å²) >= 11 is 0. The van der Waals surface area contributed by atoms with Crippen LogP contribution in [-0.4, -0.2) is 6.36 Å². The Hall–Kier alpha value is -1.13. The number of ether oxygens (including phenoxy) is 1. The van der Waals surface area contributed by atoms with Crippen molar-refractivity contribution in [3.8, 4) is 0 Å². The molecule has 0 amide bonds. The number of halogens is 3. The van der Waals surface area contributed by atoms with Gasteiger partial charge in [-0.1, -0.05) is 6.92 Å². The summed E-state index contributed by atoms with van der Waals surface area (Å²) in [7, 11) is 0. The second-order valence-corrected chi connectivity index (χ2v) is 2.42. The molecule has 0 saturated heterocycles. The summed E-state index contributed by atoms with van der Waals surface area (Å²) in [6.07, 6.45) is -1.46. The molecule has 5 heteroatoms. The van der Waals surface area contributed by atoms with Crippen molar-refractivity contribution in [3.05, 3.63) is 23.6 Å². The Balaban J connectivity index is 4.19. The highest BCUT2D eigenvalue weighted by Gasteiger charge is 2.30. The zero-order valence-electron chi connectivity index (χ0n) is 7.48. The fraction of sp³-hybridized carbons (Fsp3) is 0.500. The van der Waals surface area contributed by atoms with Gasteiger partial charge in [-0.25, -0.2) is 0 Å². The molecule has 0 atom stereocenters. The normalized spacial score (nSPS) is 14.5. The summed E-state index contributed by atoms with van der Waals surface area (Å²) < 4.78 is 38.4. The second-order valence-electron chi connectivity index (χ2n) is 2.42. The first-order valence-corrected chi connectivity index (χ1v) is 3.74. The van der Waals surface area contributed by atoms with Gasteiger partial charge in [0.25, 0.3) is 0 Å². The average molecular weight is 195 g/mol. The molecule has 0 radical (unpaired) electrons. The predicted octanol–water partition coefficient (Wildman–Crippen LogP) is 2.68. The van der Waals surface area contributed by atoms with E-state index in [4.69, 9.17) is 5.73 Å². The van der Waals surface area contributed by atoms with Gasteiger partial charge in [0, 0.05) is 5.70 Å². The third-order valence-electron chi connectivity index (χ3n) is 1.22. The minimum Gasteiger partial charge on any atom is -0.411 e. The van der Waals surface area contributed by atoms with Gasteiger partial charge in [0.05, 0.1) is 0 Å². The summed E-state index contributed by atoms with van der Waals surface area (Å²) in [5, 5.41) is 0. The van der Waals surface area contributed by atoms with E-state index >= 15 is 0 Å². The predicted molar refractivity (Wildman–Crippen MR) is 43.5 cm³/mol. The van der Waals surface area contributed by atoms with E-state index in [-0.39, 0.29) is 5.76 Å². The summed E-state index contributed by atoms with van der Waals surface area (Å²) in [5.74, 6) is -0.232. The van der Waals surface area contributed by atoms with Crippen LogP contribution in [0.1, 0.15) is 20.3 Å². The van der Waals surface area contributed by atoms with Crippen LogP contribution in [-0.2, 0) is 4.74 Å². The van der Waals surface area contributed by atoms with Crippen molar-refractivity contribution in [2.75, 3.05) is 0 Å². The lowest BCUT2D eigenvalue weighted by atomic mass is 10.3. The van der Waals surface area contributed by atoms with E-state index in [0.717, 1.165) is 0 Å². The molecule has 0 aliphatic heterocycles. The lowest BCUT2D eigenvalue weighted by Gasteiger charge is -2.07. The van der Waals surface area contributed by atoms with Crippen LogP contribution < -0.4 is 5.73 Å². The summed E-state index contributed by atoms with van der Waals surface area (Å²) in [5.41, 5.74) is 5.87. The maximum atomic E-state index is 11.6. The van der Waals surface area contributed by atoms with Gasteiger partial charge in [-0.3, -0.25) is 0 Å². The molecule has 2 N–H and O–H groups in total. The third-order valence-corrected chi connectivity index (χ3v) is 1.22. The Morgan fingerprint density at radius 1 is 1.38 bits per heavy atom. The molecule has 0 bridgehead atoms. The average Bonchev–Trinajstić information content (AvgIpc) is 1.97. The first kappa shape index (κ1) is 11.9. The van der Waals surface area contributed by atoms with Crippen molar-refractivity contribution < 1.29 is 17.9 Å². The van der Waals surface area contributed by atoms with Crippen molar-refractivity contribution in [2.45, 2.75) is 26.6 Å². The Kier molecular flexibility index (Phi) is 4.37. The maximum Gasteiger partial charge on any atom is 0.572 e. The van der Waals surface area contributed by atoms with E-state index < -0.39 is 6.36 Å². The molecule has 0 heterocycles. The number of nitrogens with two attached hydrogens (primary N) is 1. The van der Waals surface area contributed by atoms with Gasteiger partial charge in [-0.05, 0) is 25.5 Å².